The molecule has 2 rings (SSSR count). The summed E-state index contributed by atoms with van der Waals surface area (Å²) in [7, 11) is -2.08. The Labute approximate surface area is 143 Å². The van der Waals surface area contributed by atoms with Crippen molar-refractivity contribution in [2.24, 2.45) is 0 Å². The monoisotopic (exact) mass is 349 g/mol. The van der Waals surface area contributed by atoms with Crippen LogP contribution in [0.5, 0.6) is 11.5 Å². The van der Waals surface area contributed by atoms with Gasteiger partial charge in [0, 0.05) is 6.54 Å². The van der Waals surface area contributed by atoms with Crippen molar-refractivity contribution in [1.29, 1.82) is 0 Å². The molecule has 0 atom stereocenters. The molecule has 0 saturated carbocycles. The molecule has 0 aliphatic carbocycles. The molecule has 0 radical (unpaired) electrons. The first-order chi connectivity index (χ1) is 11.4. The molecule has 0 fully saturated rings. The molecule has 130 valence electrons. The summed E-state index contributed by atoms with van der Waals surface area (Å²) >= 11 is 0. The molecule has 0 saturated heterocycles. The van der Waals surface area contributed by atoms with Gasteiger partial charge in [-0.25, -0.2) is 8.42 Å². The van der Waals surface area contributed by atoms with E-state index in [1.54, 1.807) is 62.6 Å². The fraction of sp³-hybridized carbons (Fsp3) is 0.333. The van der Waals surface area contributed by atoms with Gasteiger partial charge in [-0.3, -0.25) is 4.31 Å². The average Bonchev–Trinajstić information content (AvgIpc) is 2.56. The van der Waals surface area contributed by atoms with Gasteiger partial charge in [-0.1, -0.05) is 0 Å². The summed E-state index contributed by atoms with van der Waals surface area (Å²) in [5.41, 5.74) is 0.601. The fourth-order valence-corrected chi connectivity index (χ4v) is 3.80. The lowest BCUT2D eigenvalue weighted by atomic mass is 10.3. The molecular formula is C18H23NO4S. The van der Waals surface area contributed by atoms with Crippen LogP contribution in [0.4, 0.5) is 5.69 Å². The van der Waals surface area contributed by atoms with Gasteiger partial charge in [-0.2, -0.15) is 0 Å². The summed E-state index contributed by atoms with van der Waals surface area (Å²) in [6, 6.07) is 13.4. The second-order valence-electron chi connectivity index (χ2n) is 5.51. The van der Waals surface area contributed by atoms with Crippen molar-refractivity contribution in [1.82, 2.24) is 0 Å². The lowest BCUT2D eigenvalue weighted by Crippen LogP contribution is -2.30. The van der Waals surface area contributed by atoms with Crippen LogP contribution in [0.2, 0.25) is 0 Å². The van der Waals surface area contributed by atoms with Crippen LogP contribution in [0.1, 0.15) is 20.8 Å². The molecule has 0 spiro atoms. The number of benzene rings is 2. The molecule has 0 heterocycles. The highest BCUT2D eigenvalue weighted by atomic mass is 32.2. The molecule has 0 N–H and O–H groups in total. The largest absolute Gasteiger partial charge is 0.497 e. The lowest BCUT2D eigenvalue weighted by Gasteiger charge is -2.23. The quantitative estimate of drug-likeness (QED) is 0.765. The molecule has 5 nitrogen and oxygen atoms in total. The Kier molecular flexibility index (Phi) is 5.72. The van der Waals surface area contributed by atoms with Crippen LogP contribution in [-0.2, 0) is 10.0 Å². The molecular weight excluding hydrogens is 326 g/mol. The van der Waals surface area contributed by atoms with Crippen molar-refractivity contribution in [3.63, 3.8) is 0 Å². The van der Waals surface area contributed by atoms with Gasteiger partial charge >= 0.3 is 0 Å². The molecule has 2 aromatic carbocycles. The van der Waals surface area contributed by atoms with E-state index in [4.69, 9.17) is 9.47 Å². The van der Waals surface area contributed by atoms with Gasteiger partial charge in [-0.05, 0) is 69.3 Å². The zero-order chi connectivity index (χ0) is 17.7. The molecule has 0 bridgehead atoms. The Bertz CT molecular complexity index is 753. The van der Waals surface area contributed by atoms with Crippen LogP contribution in [-0.4, -0.2) is 28.2 Å². The van der Waals surface area contributed by atoms with Crippen molar-refractivity contribution in [3.8, 4) is 11.5 Å². The van der Waals surface area contributed by atoms with Gasteiger partial charge in [0.1, 0.15) is 11.5 Å². The van der Waals surface area contributed by atoms with Gasteiger partial charge in [0.15, 0.2) is 0 Å². The van der Waals surface area contributed by atoms with E-state index in [1.807, 2.05) is 13.8 Å². The topological polar surface area (TPSA) is 55.8 Å². The molecule has 24 heavy (non-hydrogen) atoms. The summed E-state index contributed by atoms with van der Waals surface area (Å²) in [5.74, 6) is 1.33. The minimum absolute atomic E-state index is 0.0705. The Balaban J connectivity index is 2.31. The molecule has 0 aromatic heterocycles. The van der Waals surface area contributed by atoms with Gasteiger partial charge in [0.05, 0.1) is 23.8 Å². The van der Waals surface area contributed by atoms with E-state index >= 15 is 0 Å². The molecule has 0 aliphatic rings. The Hall–Kier alpha value is -2.21. The number of sulfonamides is 1. The third-order valence-corrected chi connectivity index (χ3v) is 5.35. The van der Waals surface area contributed by atoms with E-state index in [-0.39, 0.29) is 11.0 Å². The Morgan fingerprint density at radius 2 is 1.50 bits per heavy atom. The summed E-state index contributed by atoms with van der Waals surface area (Å²) in [5, 5.41) is 0. The van der Waals surface area contributed by atoms with Crippen LogP contribution in [0.25, 0.3) is 0 Å². The average molecular weight is 349 g/mol. The molecule has 6 heteroatoms. The summed E-state index contributed by atoms with van der Waals surface area (Å²) in [6.07, 6.45) is 0.0705. The van der Waals surface area contributed by atoms with Crippen molar-refractivity contribution in [3.05, 3.63) is 48.5 Å². The first-order valence-electron chi connectivity index (χ1n) is 7.82. The molecule has 0 unspecified atom stereocenters. The number of methoxy groups -OCH3 is 1. The Morgan fingerprint density at radius 1 is 0.958 bits per heavy atom. The highest BCUT2D eigenvalue weighted by Crippen LogP contribution is 2.26. The number of anilines is 1. The smallest absolute Gasteiger partial charge is 0.264 e. The van der Waals surface area contributed by atoms with E-state index < -0.39 is 10.0 Å². The maximum absolute atomic E-state index is 12.9. The number of hydrogen-bond donors (Lipinski definition) is 0. The standard InChI is InChI=1S/C18H23NO4S/c1-5-19(15-6-8-17(9-7-15)23-14(2)3)24(20,21)18-12-10-16(22-4)11-13-18/h6-14H,5H2,1-4H3. The van der Waals surface area contributed by atoms with E-state index in [2.05, 4.69) is 0 Å². The second kappa shape index (κ2) is 7.57. The van der Waals surface area contributed by atoms with Crippen molar-refractivity contribution in [2.75, 3.05) is 18.0 Å². The third kappa shape index (κ3) is 4.00. The maximum atomic E-state index is 12.9. The fourth-order valence-electron chi connectivity index (χ4n) is 2.33. The first-order valence-corrected chi connectivity index (χ1v) is 9.26. The van der Waals surface area contributed by atoms with Gasteiger partial charge in [-0.15, -0.1) is 0 Å². The van der Waals surface area contributed by atoms with Crippen molar-refractivity contribution in [2.45, 2.75) is 31.8 Å². The van der Waals surface area contributed by atoms with Gasteiger partial charge in [0.2, 0.25) is 0 Å². The zero-order valence-electron chi connectivity index (χ0n) is 14.4. The van der Waals surface area contributed by atoms with E-state index in [9.17, 15) is 8.42 Å². The van der Waals surface area contributed by atoms with Crippen molar-refractivity contribution >= 4 is 15.7 Å². The highest BCUT2D eigenvalue weighted by molar-refractivity contribution is 7.92. The zero-order valence-corrected chi connectivity index (χ0v) is 15.2. The van der Waals surface area contributed by atoms with Crippen LogP contribution in [0.15, 0.2) is 53.4 Å². The summed E-state index contributed by atoms with van der Waals surface area (Å²) in [4.78, 5) is 0.229. The Morgan fingerprint density at radius 3 is 1.96 bits per heavy atom. The van der Waals surface area contributed by atoms with E-state index in [1.165, 1.54) is 4.31 Å². The van der Waals surface area contributed by atoms with Crippen LogP contribution in [0.3, 0.4) is 0 Å². The highest BCUT2D eigenvalue weighted by Gasteiger charge is 2.23. The molecule has 0 aliphatic heterocycles. The van der Waals surface area contributed by atoms with Crippen LogP contribution < -0.4 is 13.8 Å². The van der Waals surface area contributed by atoms with Crippen LogP contribution in [0, 0.1) is 0 Å². The van der Waals surface area contributed by atoms with Gasteiger partial charge in [0.25, 0.3) is 10.0 Å². The predicted octanol–water partition coefficient (Wildman–Crippen LogP) is 3.70. The molecule has 2 aromatic rings. The maximum Gasteiger partial charge on any atom is 0.264 e. The van der Waals surface area contributed by atoms with Crippen LogP contribution >= 0.6 is 0 Å². The first kappa shape index (κ1) is 18.1. The predicted molar refractivity (Wildman–Crippen MR) is 95.4 cm³/mol. The normalized spacial score (nSPS) is 11.4. The number of hydrogen-bond acceptors (Lipinski definition) is 4. The van der Waals surface area contributed by atoms with E-state index in [0.29, 0.717) is 23.7 Å². The second-order valence-corrected chi connectivity index (χ2v) is 7.37. The van der Waals surface area contributed by atoms with Gasteiger partial charge < -0.3 is 9.47 Å². The minimum atomic E-state index is -3.63. The number of nitrogens with zero attached hydrogens (tertiary/aromatic N) is 1. The number of ether oxygens (including phenoxy) is 2. The van der Waals surface area contributed by atoms with E-state index in [0.717, 1.165) is 0 Å². The lowest BCUT2D eigenvalue weighted by molar-refractivity contribution is 0.242. The molecule has 0 amide bonds. The summed E-state index contributed by atoms with van der Waals surface area (Å²) < 4.78 is 37.8. The SMILES string of the molecule is CCN(c1ccc(OC(C)C)cc1)S(=O)(=O)c1ccc(OC)cc1. The third-order valence-electron chi connectivity index (χ3n) is 3.43. The number of rotatable bonds is 7. The van der Waals surface area contributed by atoms with Crippen molar-refractivity contribution < 1.29 is 17.9 Å². The summed E-state index contributed by atoms with van der Waals surface area (Å²) in [6.45, 7) is 6.03. The minimum Gasteiger partial charge on any atom is -0.497 e.